The Labute approximate surface area is 107 Å². The first-order chi connectivity index (χ1) is 8.79. The molecule has 18 heavy (non-hydrogen) atoms. The highest BCUT2D eigenvalue weighted by Gasteiger charge is 2.18. The molecule has 0 aliphatic heterocycles. The van der Waals surface area contributed by atoms with E-state index in [0.29, 0.717) is 11.5 Å². The second kappa shape index (κ2) is 6.23. The van der Waals surface area contributed by atoms with E-state index in [1.165, 1.54) is 19.3 Å². The quantitative estimate of drug-likeness (QED) is 0.792. The van der Waals surface area contributed by atoms with Crippen molar-refractivity contribution in [3.05, 3.63) is 35.4 Å². The van der Waals surface area contributed by atoms with Crippen LogP contribution in [-0.4, -0.2) is 24.2 Å². The zero-order valence-electron chi connectivity index (χ0n) is 10.3. The lowest BCUT2D eigenvalue weighted by Crippen LogP contribution is -2.32. The molecule has 1 fully saturated rings. The van der Waals surface area contributed by atoms with Crippen LogP contribution < -0.4 is 5.32 Å². The van der Waals surface area contributed by atoms with Gasteiger partial charge in [-0.05, 0) is 43.0 Å². The molecule has 0 unspecified atom stereocenters. The lowest BCUT2D eigenvalue weighted by atomic mass is 9.85. The van der Waals surface area contributed by atoms with Crippen LogP contribution in [0.2, 0.25) is 0 Å². The summed E-state index contributed by atoms with van der Waals surface area (Å²) in [6.07, 6.45) is 3.75. The highest BCUT2D eigenvalue weighted by molar-refractivity contribution is 5.94. The molecule has 0 saturated heterocycles. The molecule has 0 atom stereocenters. The van der Waals surface area contributed by atoms with Gasteiger partial charge in [0.25, 0.3) is 5.91 Å². The molecule has 0 heterocycles. The third-order valence-electron chi connectivity index (χ3n) is 3.23. The SMILES string of the molecule is O=C(NCC1CCC1)c1ccc(C#CCO)cc1. The number of hydrogen-bond acceptors (Lipinski definition) is 2. The van der Waals surface area contributed by atoms with Crippen molar-refractivity contribution in [2.24, 2.45) is 5.92 Å². The molecular weight excluding hydrogens is 226 g/mol. The van der Waals surface area contributed by atoms with Crippen LogP contribution in [0.25, 0.3) is 0 Å². The molecule has 1 aromatic carbocycles. The van der Waals surface area contributed by atoms with Crippen molar-refractivity contribution in [2.45, 2.75) is 19.3 Å². The summed E-state index contributed by atoms with van der Waals surface area (Å²) >= 11 is 0. The second-order valence-corrected chi connectivity index (χ2v) is 4.54. The highest BCUT2D eigenvalue weighted by Crippen LogP contribution is 2.25. The molecule has 2 N–H and O–H groups in total. The van der Waals surface area contributed by atoms with Crippen molar-refractivity contribution in [1.29, 1.82) is 0 Å². The molecule has 0 radical (unpaired) electrons. The van der Waals surface area contributed by atoms with E-state index < -0.39 is 0 Å². The maximum absolute atomic E-state index is 11.8. The van der Waals surface area contributed by atoms with Crippen LogP contribution in [0.5, 0.6) is 0 Å². The fraction of sp³-hybridized carbons (Fsp3) is 0.400. The lowest BCUT2D eigenvalue weighted by molar-refractivity contribution is 0.0939. The summed E-state index contributed by atoms with van der Waals surface area (Å²) in [6, 6.07) is 7.11. The summed E-state index contributed by atoms with van der Waals surface area (Å²) in [6.45, 7) is 0.633. The molecule has 0 aromatic heterocycles. The van der Waals surface area contributed by atoms with Gasteiger partial charge in [0, 0.05) is 17.7 Å². The van der Waals surface area contributed by atoms with Gasteiger partial charge in [0.15, 0.2) is 0 Å². The summed E-state index contributed by atoms with van der Waals surface area (Å²) in [7, 11) is 0. The van der Waals surface area contributed by atoms with Gasteiger partial charge in [0.05, 0.1) is 0 Å². The summed E-state index contributed by atoms with van der Waals surface area (Å²) < 4.78 is 0. The van der Waals surface area contributed by atoms with Crippen LogP contribution >= 0.6 is 0 Å². The number of rotatable bonds is 3. The van der Waals surface area contributed by atoms with E-state index in [9.17, 15) is 4.79 Å². The standard InChI is InChI=1S/C15H17NO2/c17-10-2-5-12-6-8-14(9-7-12)15(18)16-11-13-3-1-4-13/h6-9,13,17H,1,3-4,10-11H2,(H,16,18). The van der Waals surface area contributed by atoms with Crippen molar-refractivity contribution in [2.75, 3.05) is 13.2 Å². The Bertz CT molecular complexity index is 464. The van der Waals surface area contributed by atoms with Gasteiger partial charge >= 0.3 is 0 Å². The monoisotopic (exact) mass is 243 g/mol. The molecule has 0 bridgehead atoms. The highest BCUT2D eigenvalue weighted by atomic mass is 16.2. The van der Waals surface area contributed by atoms with Crippen molar-refractivity contribution >= 4 is 5.91 Å². The van der Waals surface area contributed by atoms with Crippen LogP contribution in [0.3, 0.4) is 0 Å². The predicted molar refractivity (Wildman–Crippen MR) is 70.1 cm³/mol. The minimum Gasteiger partial charge on any atom is -0.384 e. The Hall–Kier alpha value is -1.79. The zero-order valence-corrected chi connectivity index (χ0v) is 10.3. The Morgan fingerprint density at radius 3 is 2.61 bits per heavy atom. The largest absolute Gasteiger partial charge is 0.384 e. The van der Waals surface area contributed by atoms with Gasteiger partial charge in [-0.3, -0.25) is 4.79 Å². The molecule has 1 saturated carbocycles. The molecule has 3 nitrogen and oxygen atoms in total. The number of hydrogen-bond donors (Lipinski definition) is 2. The molecule has 0 spiro atoms. The summed E-state index contributed by atoms with van der Waals surface area (Å²) in [4.78, 5) is 11.8. The van der Waals surface area contributed by atoms with Crippen LogP contribution in [-0.2, 0) is 0 Å². The number of carbonyl (C=O) groups excluding carboxylic acids is 1. The Morgan fingerprint density at radius 1 is 1.33 bits per heavy atom. The van der Waals surface area contributed by atoms with Crippen molar-refractivity contribution < 1.29 is 9.90 Å². The van der Waals surface area contributed by atoms with Gasteiger partial charge in [-0.2, -0.15) is 0 Å². The summed E-state index contributed by atoms with van der Waals surface area (Å²) in [5.41, 5.74) is 1.46. The molecule has 1 aliphatic rings. The normalized spacial score (nSPS) is 14.3. The lowest BCUT2D eigenvalue weighted by Gasteiger charge is -2.25. The molecule has 94 valence electrons. The van der Waals surface area contributed by atoms with Crippen molar-refractivity contribution in [3.63, 3.8) is 0 Å². The fourth-order valence-corrected chi connectivity index (χ4v) is 1.88. The third kappa shape index (κ3) is 3.35. The number of aliphatic hydroxyl groups is 1. The summed E-state index contributed by atoms with van der Waals surface area (Å²) in [5, 5.41) is 11.5. The van der Waals surface area contributed by atoms with Gasteiger partial charge in [-0.15, -0.1) is 0 Å². The van der Waals surface area contributed by atoms with Gasteiger partial charge in [0.1, 0.15) is 6.61 Å². The van der Waals surface area contributed by atoms with Crippen LogP contribution in [0.1, 0.15) is 35.2 Å². The Balaban J connectivity index is 1.89. The van der Waals surface area contributed by atoms with Crippen LogP contribution in [0, 0.1) is 17.8 Å². The number of carbonyl (C=O) groups is 1. The van der Waals surface area contributed by atoms with E-state index in [4.69, 9.17) is 5.11 Å². The predicted octanol–water partition coefficient (Wildman–Crippen LogP) is 1.56. The van der Waals surface area contributed by atoms with Crippen molar-refractivity contribution in [1.82, 2.24) is 5.32 Å². The molecule has 1 aliphatic carbocycles. The maximum Gasteiger partial charge on any atom is 0.251 e. The zero-order chi connectivity index (χ0) is 12.8. The van der Waals surface area contributed by atoms with Crippen LogP contribution in [0.15, 0.2) is 24.3 Å². The van der Waals surface area contributed by atoms with E-state index in [2.05, 4.69) is 17.2 Å². The molecular formula is C15H17NO2. The van der Waals surface area contributed by atoms with Crippen LogP contribution in [0.4, 0.5) is 0 Å². The number of amides is 1. The smallest absolute Gasteiger partial charge is 0.251 e. The van der Waals surface area contributed by atoms with E-state index in [-0.39, 0.29) is 12.5 Å². The summed E-state index contributed by atoms with van der Waals surface area (Å²) in [5.74, 6) is 6.02. The fourth-order valence-electron chi connectivity index (χ4n) is 1.88. The Morgan fingerprint density at radius 2 is 2.06 bits per heavy atom. The van der Waals surface area contributed by atoms with Gasteiger partial charge < -0.3 is 10.4 Å². The minimum atomic E-state index is -0.149. The van der Waals surface area contributed by atoms with E-state index in [1.54, 1.807) is 24.3 Å². The maximum atomic E-state index is 11.8. The van der Waals surface area contributed by atoms with Gasteiger partial charge in [0.2, 0.25) is 0 Å². The first kappa shape index (κ1) is 12.7. The molecule has 2 rings (SSSR count). The topological polar surface area (TPSA) is 49.3 Å². The number of aliphatic hydroxyl groups excluding tert-OH is 1. The average molecular weight is 243 g/mol. The second-order valence-electron chi connectivity index (χ2n) is 4.54. The van der Waals surface area contributed by atoms with E-state index in [0.717, 1.165) is 12.1 Å². The number of nitrogens with one attached hydrogen (secondary N) is 1. The van der Waals surface area contributed by atoms with Crippen molar-refractivity contribution in [3.8, 4) is 11.8 Å². The molecule has 1 aromatic rings. The van der Waals surface area contributed by atoms with E-state index >= 15 is 0 Å². The molecule has 3 heteroatoms. The minimum absolute atomic E-state index is 0.0245. The van der Waals surface area contributed by atoms with E-state index in [1.807, 2.05) is 0 Å². The Kier molecular flexibility index (Phi) is 4.38. The average Bonchev–Trinajstić information content (AvgIpc) is 2.35. The number of benzene rings is 1. The molecule has 1 amide bonds. The van der Waals surface area contributed by atoms with Gasteiger partial charge in [-0.1, -0.05) is 18.3 Å². The van der Waals surface area contributed by atoms with Gasteiger partial charge in [-0.25, -0.2) is 0 Å². The first-order valence-electron chi connectivity index (χ1n) is 6.27. The third-order valence-corrected chi connectivity index (χ3v) is 3.23. The first-order valence-corrected chi connectivity index (χ1v) is 6.27.